The predicted molar refractivity (Wildman–Crippen MR) is 82.2 cm³/mol. The largest absolute Gasteiger partial charge is 0.487 e. The van der Waals surface area contributed by atoms with Crippen LogP contribution in [0.15, 0.2) is 24.5 Å². The van der Waals surface area contributed by atoms with E-state index in [1.807, 2.05) is 19.1 Å². The number of nitrogens with zero attached hydrogens (tertiary/aromatic N) is 2. The number of likely N-dealkylation sites (tertiary alicyclic amines) is 1. The zero-order chi connectivity index (χ0) is 15.1. The Morgan fingerprint density at radius 1 is 1.62 bits per heavy atom. The van der Waals surface area contributed by atoms with Gasteiger partial charge in [0, 0.05) is 25.8 Å². The number of rotatable bonds is 7. The Bertz CT molecular complexity index is 438. The van der Waals surface area contributed by atoms with Crippen LogP contribution < -0.4 is 10.1 Å². The molecule has 1 aliphatic rings. The maximum absolute atomic E-state index is 12.1. The average molecular weight is 291 g/mol. The van der Waals surface area contributed by atoms with E-state index in [0.29, 0.717) is 0 Å². The van der Waals surface area contributed by atoms with Gasteiger partial charge in [0.05, 0.1) is 12.2 Å². The highest BCUT2D eigenvalue weighted by Gasteiger charge is 2.30. The van der Waals surface area contributed by atoms with E-state index in [1.165, 1.54) is 0 Å². The quantitative estimate of drug-likeness (QED) is 0.779. The summed E-state index contributed by atoms with van der Waals surface area (Å²) in [6.07, 6.45) is 6.67. The monoisotopic (exact) mass is 291 g/mol. The zero-order valence-electron chi connectivity index (χ0n) is 12.9. The maximum Gasteiger partial charge on any atom is 0.237 e. The van der Waals surface area contributed by atoms with Gasteiger partial charge in [-0.1, -0.05) is 13.3 Å². The van der Waals surface area contributed by atoms with Crippen LogP contribution in [0.2, 0.25) is 0 Å². The highest BCUT2D eigenvalue weighted by Crippen LogP contribution is 2.19. The van der Waals surface area contributed by atoms with Crippen molar-refractivity contribution in [1.82, 2.24) is 15.2 Å². The lowest BCUT2D eigenvalue weighted by atomic mass is 10.2. The van der Waals surface area contributed by atoms with Crippen molar-refractivity contribution in [2.75, 3.05) is 19.6 Å². The van der Waals surface area contributed by atoms with Gasteiger partial charge >= 0.3 is 0 Å². The molecule has 1 fully saturated rings. The van der Waals surface area contributed by atoms with Crippen LogP contribution in [0, 0.1) is 0 Å². The van der Waals surface area contributed by atoms with Crippen LogP contribution in [0.5, 0.6) is 5.75 Å². The second-order valence-electron chi connectivity index (χ2n) is 5.53. The van der Waals surface area contributed by atoms with Gasteiger partial charge in [0.25, 0.3) is 0 Å². The molecule has 21 heavy (non-hydrogen) atoms. The van der Waals surface area contributed by atoms with E-state index in [1.54, 1.807) is 12.4 Å². The highest BCUT2D eigenvalue weighted by atomic mass is 16.5. The molecule has 0 aromatic carbocycles. The van der Waals surface area contributed by atoms with Gasteiger partial charge < -0.3 is 10.1 Å². The van der Waals surface area contributed by atoms with Crippen LogP contribution in [0.25, 0.3) is 0 Å². The molecule has 2 heterocycles. The molecule has 1 amide bonds. The number of unbranched alkanes of at least 4 members (excludes halogenated alkanes) is 1. The van der Waals surface area contributed by atoms with Crippen molar-refractivity contribution < 1.29 is 9.53 Å². The Hall–Kier alpha value is -1.62. The van der Waals surface area contributed by atoms with Crippen LogP contribution in [-0.2, 0) is 4.79 Å². The minimum atomic E-state index is -0.0932. The van der Waals surface area contributed by atoms with Crippen LogP contribution >= 0.6 is 0 Å². The molecule has 0 bridgehead atoms. The van der Waals surface area contributed by atoms with Gasteiger partial charge in [-0.15, -0.1) is 0 Å². The van der Waals surface area contributed by atoms with Crippen LogP contribution in [0.1, 0.15) is 33.1 Å². The van der Waals surface area contributed by atoms with Crippen molar-refractivity contribution in [1.29, 1.82) is 0 Å². The summed E-state index contributed by atoms with van der Waals surface area (Å²) in [5.74, 6) is 0.912. The molecule has 1 N–H and O–H groups in total. The molecule has 1 saturated heterocycles. The number of carbonyl (C=O) groups excluding carboxylic acids is 1. The summed E-state index contributed by atoms with van der Waals surface area (Å²) >= 11 is 0. The standard InChI is InChI=1S/C16H25N3O2/c1-3-4-9-18-16(20)13(2)19-10-7-15(12-19)21-14-6-5-8-17-11-14/h5-6,8,11,13,15H,3-4,7,9-10,12H2,1-2H3,(H,18,20)/t13-,15+/m1/s1. The van der Waals surface area contributed by atoms with E-state index < -0.39 is 0 Å². The Morgan fingerprint density at radius 2 is 2.48 bits per heavy atom. The van der Waals surface area contributed by atoms with Gasteiger partial charge in [0.1, 0.15) is 11.9 Å². The molecule has 5 nitrogen and oxygen atoms in total. The number of aromatic nitrogens is 1. The van der Waals surface area contributed by atoms with Gasteiger partial charge in [0.15, 0.2) is 0 Å². The molecule has 0 aliphatic carbocycles. The van der Waals surface area contributed by atoms with E-state index >= 15 is 0 Å². The number of pyridine rings is 1. The van der Waals surface area contributed by atoms with Gasteiger partial charge in [-0.3, -0.25) is 14.7 Å². The van der Waals surface area contributed by atoms with Crippen molar-refractivity contribution in [2.24, 2.45) is 0 Å². The number of hydrogen-bond acceptors (Lipinski definition) is 4. The molecule has 0 spiro atoms. The summed E-state index contributed by atoms with van der Waals surface area (Å²) < 4.78 is 5.90. The lowest BCUT2D eigenvalue weighted by molar-refractivity contribution is -0.125. The number of nitrogens with one attached hydrogen (secondary N) is 1. The fourth-order valence-corrected chi connectivity index (χ4v) is 2.51. The topological polar surface area (TPSA) is 54.5 Å². The summed E-state index contributed by atoms with van der Waals surface area (Å²) in [5.41, 5.74) is 0. The fourth-order valence-electron chi connectivity index (χ4n) is 2.51. The third-order valence-electron chi connectivity index (χ3n) is 3.87. The molecule has 1 aromatic heterocycles. The SMILES string of the molecule is CCCCNC(=O)[C@@H](C)N1CC[C@H](Oc2cccnc2)C1. The van der Waals surface area contributed by atoms with E-state index in [4.69, 9.17) is 4.74 Å². The van der Waals surface area contributed by atoms with Crippen LogP contribution in [-0.4, -0.2) is 47.6 Å². The predicted octanol–water partition coefficient (Wildman–Crippen LogP) is 1.84. The molecule has 1 aromatic rings. The molecule has 0 radical (unpaired) electrons. The highest BCUT2D eigenvalue weighted by molar-refractivity contribution is 5.81. The smallest absolute Gasteiger partial charge is 0.237 e. The number of carbonyl (C=O) groups is 1. The van der Waals surface area contributed by atoms with Crippen molar-refractivity contribution in [3.05, 3.63) is 24.5 Å². The second kappa shape index (κ2) is 7.98. The zero-order valence-corrected chi connectivity index (χ0v) is 12.9. The van der Waals surface area contributed by atoms with E-state index in [2.05, 4.69) is 22.1 Å². The third kappa shape index (κ3) is 4.70. The van der Waals surface area contributed by atoms with E-state index in [9.17, 15) is 4.79 Å². The summed E-state index contributed by atoms with van der Waals surface area (Å²) in [6.45, 7) is 6.54. The maximum atomic E-state index is 12.1. The molecule has 116 valence electrons. The van der Waals surface area contributed by atoms with Crippen molar-refractivity contribution in [3.63, 3.8) is 0 Å². The number of amides is 1. The summed E-state index contributed by atoms with van der Waals surface area (Å²) in [7, 11) is 0. The van der Waals surface area contributed by atoms with Crippen molar-refractivity contribution in [3.8, 4) is 5.75 Å². The molecule has 0 saturated carbocycles. The van der Waals surface area contributed by atoms with Crippen molar-refractivity contribution >= 4 is 5.91 Å². The molecule has 1 aliphatic heterocycles. The third-order valence-corrected chi connectivity index (χ3v) is 3.87. The first-order valence-electron chi connectivity index (χ1n) is 7.79. The summed E-state index contributed by atoms with van der Waals surface area (Å²) in [6, 6.07) is 3.69. The number of ether oxygens (including phenoxy) is 1. The van der Waals surface area contributed by atoms with Crippen LogP contribution in [0.3, 0.4) is 0 Å². The first-order valence-corrected chi connectivity index (χ1v) is 7.79. The fraction of sp³-hybridized carbons (Fsp3) is 0.625. The number of hydrogen-bond donors (Lipinski definition) is 1. The molecule has 2 atom stereocenters. The lowest BCUT2D eigenvalue weighted by Gasteiger charge is -2.23. The van der Waals surface area contributed by atoms with Gasteiger partial charge in [0.2, 0.25) is 5.91 Å². The summed E-state index contributed by atoms with van der Waals surface area (Å²) in [5, 5.41) is 2.99. The Kier molecular flexibility index (Phi) is 5.99. The average Bonchev–Trinajstić information content (AvgIpc) is 2.96. The molecule has 5 heteroatoms. The first-order chi connectivity index (χ1) is 10.2. The van der Waals surface area contributed by atoms with Gasteiger partial charge in [-0.25, -0.2) is 0 Å². The molecular formula is C16H25N3O2. The van der Waals surface area contributed by atoms with Gasteiger partial charge in [-0.2, -0.15) is 0 Å². The van der Waals surface area contributed by atoms with E-state index in [-0.39, 0.29) is 18.1 Å². The van der Waals surface area contributed by atoms with Crippen molar-refractivity contribution in [2.45, 2.75) is 45.3 Å². The minimum Gasteiger partial charge on any atom is -0.487 e. The molecular weight excluding hydrogens is 266 g/mol. The van der Waals surface area contributed by atoms with Gasteiger partial charge in [-0.05, 0) is 31.9 Å². The first kappa shape index (κ1) is 15.8. The second-order valence-corrected chi connectivity index (χ2v) is 5.53. The van der Waals surface area contributed by atoms with E-state index in [0.717, 1.165) is 44.6 Å². The van der Waals surface area contributed by atoms with Crippen LogP contribution in [0.4, 0.5) is 0 Å². The molecule has 0 unspecified atom stereocenters. The molecule has 2 rings (SSSR count). The Morgan fingerprint density at radius 3 is 3.19 bits per heavy atom. The summed E-state index contributed by atoms with van der Waals surface area (Å²) in [4.78, 5) is 18.3. The lowest BCUT2D eigenvalue weighted by Crippen LogP contribution is -2.44. The normalized spacial score (nSPS) is 20.2. The Balaban J connectivity index is 1.77. The minimum absolute atomic E-state index is 0.0932. The Labute approximate surface area is 126 Å².